The van der Waals surface area contributed by atoms with E-state index in [2.05, 4.69) is 9.97 Å². The number of aromatic nitrogens is 3. The predicted octanol–water partition coefficient (Wildman–Crippen LogP) is 2.01. The number of hydrogen-bond donors (Lipinski definition) is 1. The van der Waals surface area contributed by atoms with Crippen molar-refractivity contribution >= 4 is 27.9 Å². The Balaban J connectivity index is 2.67. The third kappa shape index (κ3) is 1.04. The Morgan fingerprint density at radius 2 is 2.19 bits per heavy atom. The van der Waals surface area contributed by atoms with Gasteiger partial charge >= 0.3 is 0 Å². The zero-order chi connectivity index (χ0) is 11.3. The molecule has 0 aliphatic rings. The largest absolute Gasteiger partial charge is 0.369 e. The molecule has 0 aliphatic heterocycles. The highest BCUT2D eigenvalue weighted by molar-refractivity contribution is 6.05. The van der Waals surface area contributed by atoms with Crippen molar-refractivity contribution in [1.82, 2.24) is 14.5 Å². The summed E-state index contributed by atoms with van der Waals surface area (Å²) in [6.07, 6.45) is 1.80. The molecule has 4 nitrogen and oxygen atoms in total. The molecule has 3 aromatic rings. The summed E-state index contributed by atoms with van der Waals surface area (Å²) in [6, 6.07) is 6.02. The van der Waals surface area contributed by atoms with Gasteiger partial charge in [-0.2, -0.15) is 0 Å². The molecule has 2 N–H and O–H groups in total. The summed E-state index contributed by atoms with van der Waals surface area (Å²) in [4.78, 5) is 8.74. The predicted molar refractivity (Wildman–Crippen MR) is 65.2 cm³/mol. The van der Waals surface area contributed by atoms with Gasteiger partial charge in [-0.05, 0) is 30.7 Å². The summed E-state index contributed by atoms with van der Waals surface area (Å²) in [6.45, 7) is 2.03. The van der Waals surface area contributed by atoms with E-state index in [0.29, 0.717) is 5.95 Å². The minimum Gasteiger partial charge on any atom is -0.369 e. The third-order valence-corrected chi connectivity index (χ3v) is 2.95. The number of rotatable bonds is 0. The SMILES string of the molecule is Cc1cc2ncccc2c2c1nc(N)n2C. The van der Waals surface area contributed by atoms with E-state index in [1.165, 1.54) is 0 Å². The molecule has 0 saturated carbocycles. The fourth-order valence-electron chi connectivity index (χ4n) is 2.11. The molecule has 0 atom stereocenters. The fourth-order valence-corrected chi connectivity index (χ4v) is 2.11. The average molecular weight is 212 g/mol. The van der Waals surface area contributed by atoms with Crippen LogP contribution in [0.2, 0.25) is 0 Å². The minimum atomic E-state index is 0.537. The maximum atomic E-state index is 5.84. The van der Waals surface area contributed by atoms with Crippen LogP contribution in [0.5, 0.6) is 0 Å². The van der Waals surface area contributed by atoms with E-state index in [1.54, 1.807) is 6.20 Å². The molecular weight excluding hydrogens is 200 g/mol. The molecule has 2 heterocycles. The Hall–Kier alpha value is -2.10. The summed E-state index contributed by atoms with van der Waals surface area (Å²) in [5.74, 6) is 0.537. The summed E-state index contributed by atoms with van der Waals surface area (Å²) in [7, 11) is 1.93. The molecule has 3 rings (SSSR count). The number of fused-ring (bicyclic) bond motifs is 3. The monoisotopic (exact) mass is 212 g/mol. The van der Waals surface area contributed by atoms with Crippen LogP contribution in [0.25, 0.3) is 21.9 Å². The lowest BCUT2D eigenvalue weighted by Gasteiger charge is -2.03. The number of pyridine rings is 1. The first-order valence-electron chi connectivity index (χ1n) is 5.14. The molecule has 0 saturated heterocycles. The van der Waals surface area contributed by atoms with Crippen molar-refractivity contribution in [2.45, 2.75) is 6.92 Å². The van der Waals surface area contributed by atoms with Gasteiger partial charge in [0.15, 0.2) is 0 Å². The minimum absolute atomic E-state index is 0.537. The van der Waals surface area contributed by atoms with Crippen molar-refractivity contribution in [2.24, 2.45) is 7.05 Å². The third-order valence-electron chi connectivity index (χ3n) is 2.95. The van der Waals surface area contributed by atoms with Crippen LogP contribution in [-0.2, 0) is 7.05 Å². The molecule has 4 heteroatoms. The molecule has 16 heavy (non-hydrogen) atoms. The van der Waals surface area contributed by atoms with E-state index in [0.717, 1.165) is 27.5 Å². The molecule has 0 bridgehead atoms. The first-order valence-corrected chi connectivity index (χ1v) is 5.14. The number of benzene rings is 1. The Morgan fingerprint density at radius 3 is 3.00 bits per heavy atom. The molecular formula is C12H12N4. The van der Waals surface area contributed by atoms with Crippen molar-refractivity contribution in [1.29, 1.82) is 0 Å². The highest BCUT2D eigenvalue weighted by Crippen LogP contribution is 2.27. The Morgan fingerprint density at radius 1 is 1.38 bits per heavy atom. The van der Waals surface area contributed by atoms with E-state index in [9.17, 15) is 0 Å². The lowest BCUT2D eigenvalue weighted by Crippen LogP contribution is -1.96. The number of anilines is 1. The summed E-state index contributed by atoms with van der Waals surface area (Å²) in [5, 5.41) is 1.09. The Kier molecular flexibility index (Phi) is 1.68. The molecule has 0 spiro atoms. The van der Waals surface area contributed by atoms with Gasteiger partial charge in [0.2, 0.25) is 5.95 Å². The van der Waals surface area contributed by atoms with Crippen LogP contribution in [-0.4, -0.2) is 14.5 Å². The van der Waals surface area contributed by atoms with E-state index < -0.39 is 0 Å². The van der Waals surface area contributed by atoms with Gasteiger partial charge in [0, 0.05) is 18.6 Å². The van der Waals surface area contributed by atoms with Crippen molar-refractivity contribution in [3.8, 4) is 0 Å². The topological polar surface area (TPSA) is 56.7 Å². The number of nitrogen functional groups attached to an aromatic ring is 1. The van der Waals surface area contributed by atoms with Gasteiger partial charge in [0.05, 0.1) is 16.6 Å². The van der Waals surface area contributed by atoms with Gasteiger partial charge in [-0.25, -0.2) is 4.98 Å². The average Bonchev–Trinajstić information content (AvgIpc) is 2.57. The molecule has 0 radical (unpaired) electrons. The lowest BCUT2D eigenvalue weighted by molar-refractivity contribution is 0.968. The van der Waals surface area contributed by atoms with E-state index in [-0.39, 0.29) is 0 Å². The van der Waals surface area contributed by atoms with Crippen molar-refractivity contribution in [2.75, 3.05) is 5.73 Å². The van der Waals surface area contributed by atoms with Gasteiger partial charge < -0.3 is 10.3 Å². The van der Waals surface area contributed by atoms with Crippen LogP contribution >= 0.6 is 0 Å². The number of imidazole rings is 1. The van der Waals surface area contributed by atoms with Gasteiger partial charge in [-0.1, -0.05) is 0 Å². The van der Waals surface area contributed by atoms with Crippen LogP contribution in [0.3, 0.4) is 0 Å². The second kappa shape index (κ2) is 2.95. The highest BCUT2D eigenvalue weighted by Gasteiger charge is 2.11. The Bertz CT molecular complexity index is 697. The maximum Gasteiger partial charge on any atom is 0.200 e. The van der Waals surface area contributed by atoms with Crippen LogP contribution in [0.4, 0.5) is 5.95 Å². The fraction of sp³-hybridized carbons (Fsp3) is 0.167. The molecule has 0 amide bonds. The van der Waals surface area contributed by atoms with Gasteiger partial charge in [0.25, 0.3) is 0 Å². The van der Waals surface area contributed by atoms with Crippen molar-refractivity contribution in [3.63, 3.8) is 0 Å². The normalized spacial score (nSPS) is 11.4. The molecule has 1 aromatic carbocycles. The van der Waals surface area contributed by atoms with E-state index in [1.807, 2.05) is 36.7 Å². The van der Waals surface area contributed by atoms with Gasteiger partial charge in [0.1, 0.15) is 0 Å². The standard InChI is InChI=1S/C12H12N4/c1-7-6-9-8(4-3-5-14-9)11-10(7)15-12(13)16(11)2/h3-6H,1-2H3,(H2,13,15). The van der Waals surface area contributed by atoms with Crippen LogP contribution < -0.4 is 5.73 Å². The highest BCUT2D eigenvalue weighted by atomic mass is 15.1. The second-order valence-electron chi connectivity index (χ2n) is 3.99. The van der Waals surface area contributed by atoms with Crippen LogP contribution in [0.1, 0.15) is 5.56 Å². The molecule has 2 aromatic heterocycles. The summed E-state index contributed by atoms with van der Waals surface area (Å²) < 4.78 is 1.91. The van der Waals surface area contributed by atoms with Crippen molar-refractivity contribution in [3.05, 3.63) is 30.0 Å². The second-order valence-corrected chi connectivity index (χ2v) is 3.99. The molecule has 0 aliphatic carbocycles. The van der Waals surface area contributed by atoms with Crippen molar-refractivity contribution < 1.29 is 0 Å². The van der Waals surface area contributed by atoms with E-state index >= 15 is 0 Å². The first-order chi connectivity index (χ1) is 7.68. The van der Waals surface area contributed by atoms with Crippen LogP contribution in [0, 0.1) is 6.92 Å². The Labute approximate surface area is 92.7 Å². The lowest BCUT2D eigenvalue weighted by atomic mass is 10.1. The first kappa shape index (κ1) is 9.15. The number of nitrogens with zero attached hydrogens (tertiary/aromatic N) is 3. The smallest absolute Gasteiger partial charge is 0.200 e. The number of nitrogens with two attached hydrogens (primary N) is 1. The quantitative estimate of drug-likeness (QED) is 0.620. The van der Waals surface area contributed by atoms with Crippen LogP contribution in [0.15, 0.2) is 24.4 Å². The molecule has 80 valence electrons. The number of hydrogen-bond acceptors (Lipinski definition) is 3. The maximum absolute atomic E-state index is 5.84. The molecule has 0 unspecified atom stereocenters. The zero-order valence-electron chi connectivity index (χ0n) is 9.23. The van der Waals surface area contributed by atoms with Gasteiger partial charge in [-0.15, -0.1) is 0 Å². The zero-order valence-corrected chi connectivity index (χ0v) is 9.23. The summed E-state index contributed by atoms with van der Waals surface area (Å²) in [5.41, 5.74) is 9.95. The number of aryl methyl sites for hydroxylation is 2. The van der Waals surface area contributed by atoms with E-state index in [4.69, 9.17) is 5.73 Å². The summed E-state index contributed by atoms with van der Waals surface area (Å²) >= 11 is 0. The molecule has 0 fully saturated rings. The van der Waals surface area contributed by atoms with Gasteiger partial charge in [-0.3, -0.25) is 4.98 Å².